The molecular weight excluding hydrogens is 234 g/mol. The summed E-state index contributed by atoms with van der Waals surface area (Å²) in [6.45, 7) is 1.41. The Morgan fingerprint density at radius 2 is 2.40 bits per heavy atom. The summed E-state index contributed by atoms with van der Waals surface area (Å²) < 4.78 is 9.68. The molecule has 0 fully saturated rings. The normalized spacial score (nSPS) is 11.1. The van der Waals surface area contributed by atoms with E-state index >= 15 is 0 Å². The largest absolute Gasteiger partial charge is 0.468 e. The van der Waals surface area contributed by atoms with Crippen molar-refractivity contribution < 1.29 is 4.42 Å². The molecule has 0 aliphatic heterocycles. The Morgan fingerprint density at radius 3 is 3.00 bits per heavy atom. The van der Waals surface area contributed by atoms with Crippen LogP contribution in [0.1, 0.15) is 11.5 Å². The number of nitrogens with zero attached hydrogens (tertiary/aromatic N) is 3. The highest BCUT2D eigenvalue weighted by atomic mass is 35.5. The van der Waals surface area contributed by atoms with Crippen molar-refractivity contribution in [2.24, 2.45) is 0 Å². The highest BCUT2D eigenvalue weighted by molar-refractivity contribution is 7.10. The van der Waals surface area contributed by atoms with E-state index in [2.05, 4.69) is 14.5 Å². The van der Waals surface area contributed by atoms with Crippen molar-refractivity contribution in [3.05, 3.63) is 34.2 Å². The molecule has 0 spiro atoms. The quantitative estimate of drug-likeness (QED) is 0.827. The number of hydrogen-bond acceptors (Lipinski definition) is 5. The van der Waals surface area contributed by atoms with Crippen molar-refractivity contribution in [1.29, 1.82) is 0 Å². The summed E-state index contributed by atoms with van der Waals surface area (Å²) in [4.78, 5) is 2.07. The molecule has 2 aromatic rings. The van der Waals surface area contributed by atoms with Crippen molar-refractivity contribution in [2.75, 3.05) is 7.05 Å². The number of hydrogen-bond donors (Lipinski definition) is 0. The summed E-state index contributed by atoms with van der Waals surface area (Å²) in [5, 5.41) is 3.95. The molecule has 4 nitrogen and oxygen atoms in total. The van der Waals surface area contributed by atoms with Gasteiger partial charge in [0.1, 0.15) is 15.8 Å². The highest BCUT2D eigenvalue weighted by Crippen LogP contribution is 2.19. The Hall–Kier alpha value is -0.910. The summed E-state index contributed by atoms with van der Waals surface area (Å²) in [6.07, 6.45) is 1.67. The van der Waals surface area contributed by atoms with Crippen LogP contribution >= 0.6 is 23.1 Å². The molecule has 0 atom stereocenters. The van der Waals surface area contributed by atoms with Crippen LogP contribution in [0.15, 0.2) is 22.8 Å². The topological polar surface area (TPSA) is 42.2 Å². The fourth-order valence-corrected chi connectivity index (χ4v) is 1.88. The van der Waals surface area contributed by atoms with Gasteiger partial charge in [0.05, 0.1) is 12.8 Å². The van der Waals surface area contributed by atoms with Gasteiger partial charge in [-0.2, -0.15) is 0 Å². The molecule has 0 aromatic carbocycles. The molecule has 0 unspecified atom stereocenters. The Kier molecular flexibility index (Phi) is 3.35. The van der Waals surface area contributed by atoms with E-state index in [1.165, 1.54) is 11.5 Å². The van der Waals surface area contributed by atoms with E-state index in [0.29, 0.717) is 10.9 Å². The van der Waals surface area contributed by atoms with Gasteiger partial charge in [0.2, 0.25) is 0 Å². The molecule has 0 aliphatic carbocycles. The minimum absolute atomic E-state index is 0.654. The van der Waals surface area contributed by atoms with Gasteiger partial charge >= 0.3 is 0 Å². The summed E-state index contributed by atoms with van der Waals surface area (Å²) in [5.74, 6) is 0.928. The lowest BCUT2D eigenvalue weighted by atomic mass is 10.4. The van der Waals surface area contributed by atoms with E-state index in [1.807, 2.05) is 19.2 Å². The molecule has 0 bridgehead atoms. The maximum Gasteiger partial charge on any atom is 0.138 e. The Bertz CT molecular complexity index is 415. The Labute approximate surface area is 96.6 Å². The molecule has 2 heterocycles. The number of halogens is 1. The van der Waals surface area contributed by atoms with Crippen LogP contribution in [0.4, 0.5) is 0 Å². The van der Waals surface area contributed by atoms with Crippen LogP contribution in [-0.2, 0) is 13.1 Å². The average molecular weight is 244 g/mol. The van der Waals surface area contributed by atoms with Crippen molar-refractivity contribution in [2.45, 2.75) is 13.1 Å². The van der Waals surface area contributed by atoms with E-state index in [4.69, 9.17) is 16.0 Å². The summed E-state index contributed by atoms with van der Waals surface area (Å²) in [6, 6.07) is 3.82. The van der Waals surface area contributed by atoms with Crippen molar-refractivity contribution >= 4 is 23.1 Å². The third kappa shape index (κ3) is 2.77. The van der Waals surface area contributed by atoms with Crippen LogP contribution in [-0.4, -0.2) is 21.5 Å². The maximum absolute atomic E-state index is 5.91. The van der Waals surface area contributed by atoms with E-state index in [9.17, 15) is 0 Å². The smallest absolute Gasteiger partial charge is 0.138 e. The van der Waals surface area contributed by atoms with Crippen molar-refractivity contribution in [3.63, 3.8) is 0 Å². The highest BCUT2D eigenvalue weighted by Gasteiger charge is 2.09. The fourth-order valence-electron chi connectivity index (χ4n) is 1.27. The van der Waals surface area contributed by atoms with Gasteiger partial charge in [-0.3, -0.25) is 4.90 Å². The Morgan fingerprint density at radius 1 is 1.53 bits per heavy atom. The van der Waals surface area contributed by atoms with Crippen LogP contribution in [0.3, 0.4) is 0 Å². The fraction of sp³-hybridized carbons (Fsp3) is 0.333. The average Bonchev–Trinajstić information content (AvgIpc) is 2.79. The summed E-state index contributed by atoms with van der Waals surface area (Å²) in [5.41, 5.74) is 0.815. The van der Waals surface area contributed by atoms with E-state index in [-0.39, 0.29) is 0 Å². The van der Waals surface area contributed by atoms with E-state index < -0.39 is 0 Å². The summed E-state index contributed by atoms with van der Waals surface area (Å²) in [7, 11) is 1.98. The van der Waals surface area contributed by atoms with Crippen LogP contribution < -0.4 is 0 Å². The van der Waals surface area contributed by atoms with Crippen LogP contribution in [0.5, 0.6) is 0 Å². The van der Waals surface area contributed by atoms with Crippen LogP contribution in [0.25, 0.3) is 0 Å². The first-order chi connectivity index (χ1) is 7.25. The zero-order valence-electron chi connectivity index (χ0n) is 8.18. The molecule has 6 heteroatoms. The monoisotopic (exact) mass is 243 g/mol. The second-order valence-corrected chi connectivity index (χ2v) is 4.60. The van der Waals surface area contributed by atoms with Gasteiger partial charge in [-0.05, 0) is 19.2 Å². The molecule has 0 N–H and O–H groups in total. The molecule has 80 valence electrons. The van der Waals surface area contributed by atoms with Gasteiger partial charge < -0.3 is 4.42 Å². The minimum Gasteiger partial charge on any atom is -0.468 e. The molecule has 0 saturated carbocycles. The van der Waals surface area contributed by atoms with Crippen LogP contribution in [0, 0.1) is 0 Å². The van der Waals surface area contributed by atoms with Gasteiger partial charge in [-0.25, -0.2) is 0 Å². The lowest BCUT2D eigenvalue weighted by Gasteiger charge is -2.12. The first-order valence-corrected chi connectivity index (χ1v) is 5.58. The summed E-state index contributed by atoms with van der Waals surface area (Å²) >= 11 is 7.12. The van der Waals surface area contributed by atoms with Gasteiger partial charge in [0, 0.05) is 18.1 Å². The minimum atomic E-state index is 0.654. The second-order valence-electron chi connectivity index (χ2n) is 3.24. The van der Waals surface area contributed by atoms with Gasteiger partial charge in [0.15, 0.2) is 0 Å². The first kappa shape index (κ1) is 10.6. The second kappa shape index (κ2) is 4.74. The third-order valence-electron chi connectivity index (χ3n) is 1.93. The molecule has 15 heavy (non-hydrogen) atoms. The Balaban J connectivity index is 1.93. The first-order valence-electron chi connectivity index (χ1n) is 4.43. The molecule has 0 radical (unpaired) electrons. The molecule has 0 aliphatic rings. The van der Waals surface area contributed by atoms with Crippen LogP contribution in [0.2, 0.25) is 4.34 Å². The lowest BCUT2D eigenvalue weighted by Crippen LogP contribution is -2.17. The molecular formula is C9H10ClN3OS. The maximum atomic E-state index is 5.91. The van der Waals surface area contributed by atoms with Crippen molar-refractivity contribution in [1.82, 2.24) is 14.5 Å². The number of aromatic nitrogens is 2. The van der Waals surface area contributed by atoms with Crippen molar-refractivity contribution in [3.8, 4) is 0 Å². The number of rotatable bonds is 4. The predicted octanol–water partition coefficient (Wildman–Crippen LogP) is 2.42. The zero-order chi connectivity index (χ0) is 10.7. The van der Waals surface area contributed by atoms with E-state index in [1.54, 1.807) is 6.26 Å². The molecule has 0 saturated heterocycles. The molecule has 2 rings (SSSR count). The lowest BCUT2D eigenvalue weighted by molar-refractivity contribution is 0.284. The molecule has 0 amide bonds. The van der Waals surface area contributed by atoms with Gasteiger partial charge in [-0.15, -0.1) is 5.10 Å². The number of furan rings is 1. The van der Waals surface area contributed by atoms with Gasteiger partial charge in [0.25, 0.3) is 0 Å². The third-order valence-corrected chi connectivity index (χ3v) is 2.92. The standard InChI is InChI=1S/C9H10ClN3OS/c1-13(5-7-3-2-4-14-7)6-8-9(10)15-12-11-8/h2-4H,5-6H2,1H3. The van der Waals surface area contributed by atoms with E-state index in [0.717, 1.165) is 18.0 Å². The zero-order valence-corrected chi connectivity index (χ0v) is 9.75. The molecule has 2 aromatic heterocycles. The predicted molar refractivity (Wildman–Crippen MR) is 58.8 cm³/mol. The SMILES string of the molecule is CN(Cc1ccco1)Cc1nnsc1Cl. The van der Waals surface area contributed by atoms with Gasteiger partial charge in [-0.1, -0.05) is 16.1 Å².